The van der Waals surface area contributed by atoms with Crippen LogP contribution in [0.2, 0.25) is 0 Å². The molecule has 8 nitrogen and oxygen atoms in total. The topological polar surface area (TPSA) is 94.8 Å². The Labute approximate surface area is 160 Å². The van der Waals surface area contributed by atoms with E-state index in [-0.39, 0.29) is 17.7 Å². The average molecular weight is 379 g/mol. The first-order valence-electron chi connectivity index (χ1n) is 8.58. The Bertz CT molecular complexity index is 1040. The number of hydrogen-bond acceptors (Lipinski definition) is 7. The van der Waals surface area contributed by atoms with Gasteiger partial charge in [-0.25, -0.2) is 0 Å². The Morgan fingerprint density at radius 3 is 2.21 bits per heavy atom. The fourth-order valence-corrected chi connectivity index (χ4v) is 3.17. The maximum absolute atomic E-state index is 12.6. The highest BCUT2D eigenvalue weighted by molar-refractivity contribution is 6.21. The Morgan fingerprint density at radius 2 is 1.61 bits per heavy atom. The van der Waals surface area contributed by atoms with Crippen LogP contribution in [-0.2, 0) is 0 Å². The average Bonchev–Trinajstić information content (AvgIpc) is 3.31. The van der Waals surface area contributed by atoms with Gasteiger partial charge in [0.25, 0.3) is 11.8 Å². The zero-order valence-electron chi connectivity index (χ0n) is 15.5. The molecule has 1 aliphatic rings. The zero-order chi connectivity index (χ0) is 19.8. The van der Waals surface area contributed by atoms with Crippen LogP contribution in [0.15, 0.2) is 47.0 Å². The summed E-state index contributed by atoms with van der Waals surface area (Å²) in [5, 5.41) is 3.98. The molecule has 0 aliphatic carbocycles. The minimum atomic E-state index is -0.700. The quantitative estimate of drug-likeness (QED) is 0.629. The maximum atomic E-state index is 12.6. The normalized spacial score (nSPS) is 14.2. The minimum absolute atomic E-state index is 0.166. The van der Waals surface area contributed by atoms with Crippen LogP contribution in [0.1, 0.15) is 39.6 Å². The van der Waals surface area contributed by atoms with Crippen molar-refractivity contribution in [1.29, 1.82) is 0 Å². The predicted molar refractivity (Wildman–Crippen MR) is 98.2 cm³/mol. The molecule has 28 heavy (non-hydrogen) atoms. The van der Waals surface area contributed by atoms with Crippen molar-refractivity contribution in [2.24, 2.45) is 0 Å². The Morgan fingerprint density at radius 1 is 0.964 bits per heavy atom. The molecule has 1 aromatic heterocycles. The van der Waals surface area contributed by atoms with Gasteiger partial charge in [0.05, 0.1) is 25.3 Å². The van der Waals surface area contributed by atoms with Gasteiger partial charge in [0, 0.05) is 5.56 Å². The number of methoxy groups -OCH3 is 2. The van der Waals surface area contributed by atoms with Gasteiger partial charge in [0.15, 0.2) is 11.5 Å². The van der Waals surface area contributed by atoms with E-state index in [1.165, 1.54) is 7.11 Å². The molecule has 2 amide bonds. The molecule has 1 aliphatic heterocycles. The van der Waals surface area contributed by atoms with Crippen molar-refractivity contribution in [3.05, 3.63) is 59.5 Å². The van der Waals surface area contributed by atoms with Gasteiger partial charge in [-0.3, -0.25) is 14.5 Å². The third kappa shape index (κ3) is 2.70. The number of amides is 2. The van der Waals surface area contributed by atoms with Crippen LogP contribution in [0.25, 0.3) is 11.4 Å². The second kappa shape index (κ2) is 6.80. The molecule has 1 unspecified atom stereocenters. The van der Waals surface area contributed by atoms with Gasteiger partial charge in [-0.05, 0) is 37.3 Å². The number of carbonyl (C=O) groups is 2. The van der Waals surface area contributed by atoms with Crippen LogP contribution >= 0.6 is 0 Å². The number of benzene rings is 2. The fourth-order valence-electron chi connectivity index (χ4n) is 3.17. The molecule has 8 heteroatoms. The third-order valence-corrected chi connectivity index (χ3v) is 4.65. The summed E-state index contributed by atoms with van der Waals surface area (Å²) in [4.78, 5) is 30.8. The number of imide groups is 1. The summed E-state index contributed by atoms with van der Waals surface area (Å²) in [5.41, 5.74) is 1.40. The molecule has 3 aromatic rings. The van der Waals surface area contributed by atoms with Gasteiger partial charge in [-0.1, -0.05) is 17.3 Å². The third-order valence-electron chi connectivity index (χ3n) is 4.65. The van der Waals surface area contributed by atoms with Crippen molar-refractivity contribution >= 4 is 11.8 Å². The van der Waals surface area contributed by atoms with Crippen LogP contribution in [-0.4, -0.2) is 41.1 Å². The lowest BCUT2D eigenvalue weighted by Crippen LogP contribution is -2.32. The largest absolute Gasteiger partial charge is 0.493 e. The first-order chi connectivity index (χ1) is 13.5. The molecule has 0 saturated heterocycles. The zero-order valence-corrected chi connectivity index (χ0v) is 15.5. The van der Waals surface area contributed by atoms with Crippen LogP contribution in [0.5, 0.6) is 11.5 Å². The van der Waals surface area contributed by atoms with E-state index in [1.54, 1.807) is 56.5 Å². The number of fused-ring (bicyclic) bond motifs is 1. The molecule has 4 rings (SSSR count). The summed E-state index contributed by atoms with van der Waals surface area (Å²) in [6.07, 6.45) is 0. The number of rotatable bonds is 5. The maximum Gasteiger partial charge on any atom is 0.262 e. The standard InChI is InChI=1S/C20H17N3O5/c1-11(23-19(24)13-6-4-5-7-14(13)20(23)25)18-21-17(22-28-18)12-8-9-15(26-2)16(10-12)27-3/h4-11H,1-3H3. The van der Waals surface area contributed by atoms with Gasteiger partial charge < -0.3 is 14.0 Å². The van der Waals surface area contributed by atoms with Gasteiger partial charge >= 0.3 is 0 Å². The molecule has 0 N–H and O–H groups in total. The number of nitrogens with zero attached hydrogens (tertiary/aromatic N) is 3. The summed E-state index contributed by atoms with van der Waals surface area (Å²) < 4.78 is 15.9. The molecular weight excluding hydrogens is 362 g/mol. The number of hydrogen-bond donors (Lipinski definition) is 0. The second-order valence-electron chi connectivity index (χ2n) is 6.23. The second-order valence-corrected chi connectivity index (χ2v) is 6.23. The van der Waals surface area contributed by atoms with Crippen molar-refractivity contribution in [1.82, 2.24) is 15.0 Å². The lowest BCUT2D eigenvalue weighted by atomic mass is 10.1. The van der Waals surface area contributed by atoms with Gasteiger partial charge in [-0.15, -0.1) is 0 Å². The number of aromatic nitrogens is 2. The highest BCUT2D eigenvalue weighted by Crippen LogP contribution is 2.33. The van der Waals surface area contributed by atoms with E-state index in [9.17, 15) is 9.59 Å². The first kappa shape index (κ1) is 17.7. The fraction of sp³-hybridized carbons (Fsp3) is 0.200. The Balaban J connectivity index is 1.63. The summed E-state index contributed by atoms with van der Waals surface area (Å²) in [6, 6.07) is 11.2. The molecule has 1 atom stereocenters. The summed E-state index contributed by atoms with van der Waals surface area (Å²) in [6.45, 7) is 1.67. The Kier molecular flexibility index (Phi) is 4.31. The molecule has 2 aromatic carbocycles. The van der Waals surface area contributed by atoms with E-state index in [0.717, 1.165) is 4.90 Å². The van der Waals surface area contributed by atoms with Crippen LogP contribution in [0.3, 0.4) is 0 Å². The highest BCUT2D eigenvalue weighted by atomic mass is 16.5. The van der Waals surface area contributed by atoms with E-state index in [4.69, 9.17) is 14.0 Å². The summed E-state index contributed by atoms with van der Waals surface area (Å²) >= 11 is 0. The highest BCUT2D eigenvalue weighted by Gasteiger charge is 2.40. The van der Waals surface area contributed by atoms with E-state index in [1.807, 2.05) is 0 Å². The van der Waals surface area contributed by atoms with Crippen LogP contribution in [0, 0.1) is 0 Å². The minimum Gasteiger partial charge on any atom is -0.493 e. The summed E-state index contributed by atoms with van der Waals surface area (Å²) in [7, 11) is 3.08. The van der Waals surface area contributed by atoms with Crippen molar-refractivity contribution in [3.8, 4) is 22.9 Å². The van der Waals surface area contributed by atoms with E-state index >= 15 is 0 Å². The SMILES string of the molecule is COc1ccc(-c2noc(C(C)N3C(=O)c4ccccc4C3=O)n2)cc1OC. The first-order valence-corrected chi connectivity index (χ1v) is 8.58. The molecule has 2 heterocycles. The lowest BCUT2D eigenvalue weighted by molar-refractivity contribution is 0.0568. The predicted octanol–water partition coefficient (Wildman–Crippen LogP) is 3.11. The van der Waals surface area contributed by atoms with Crippen LogP contribution < -0.4 is 9.47 Å². The molecule has 0 fully saturated rings. The van der Waals surface area contributed by atoms with Crippen molar-refractivity contribution < 1.29 is 23.6 Å². The molecule has 142 valence electrons. The van der Waals surface area contributed by atoms with Crippen molar-refractivity contribution in [2.75, 3.05) is 14.2 Å². The summed E-state index contributed by atoms with van der Waals surface area (Å²) in [5.74, 6) is 0.839. The number of carbonyl (C=O) groups excluding carboxylic acids is 2. The van der Waals surface area contributed by atoms with Gasteiger partial charge in [0.2, 0.25) is 11.7 Å². The molecule has 0 radical (unpaired) electrons. The van der Waals surface area contributed by atoms with Gasteiger partial charge in [0.1, 0.15) is 6.04 Å². The van der Waals surface area contributed by atoms with Crippen molar-refractivity contribution in [3.63, 3.8) is 0 Å². The van der Waals surface area contributed by atoms with Gasteiger partial charge in [-0.2, -0.15) is 4.98 Å². The number of ether oxygens (including phenoxy) is 2. The molecule has 0 saturated carbocycles. The lowest BCUT2D eigenvalue weighted by Gasteiger charge is -2.18. The molecular formula is C20H17N3O5. The molecule has 0 spiro atoms. The van der Waals surface area contributed by atoms with E-state index in [2.05, 4.69) is 10.1 Å². The van der Waals surface area contributed by atoms with Crippen LogP contribution in [0.4, 0.5) is 0 Å². The smallest absolute Gasteiger partial charge is 0.262 e. The monoisotopic (exact) mass is 379 g/mol. The Hall–Kier alpha value is -3.68. The molecule has 0 bridgehead atoms. The van der Waals surface area contributed by atoms with E-state index < -0.39 is 6.04 Å². The van der Waals surface area contributed by atoms with E-state index in [0.29, 0.717) is 34.0 Å². The van der Waals surface area contributed by atoms with Crippen molar-refractivity contribution in [2.45, 2.75) is 13.0 Å².